The summed E-state index contributed by atoms with van der Waals surface area (Å²) in [5.74, 6) is 1.33. The molecule has 0 spiro atoms. The molecule has 0 saturated heterocycles. The van der Waals surface area contributed by atoms with Gasteiger partial charge in [-0.05, 0) is 36.4 Å². The molecule has 2 rings (SSSR count). The van der Waals surface area contributed by atoms with Gasteiger partial charge in [-0.1, -0.05) is 31.9 Å². The van der Waals surface area contributed by atoms with Gasteiger partial charge in [-0.15, -0.1) is 0 Å². The van der Waals surface area contributed by atoms with E-state index in [1.807, 2.05) is 24.3 Å². The third-order valence-corrected chi connectivity index (χ3v) is 3.96. The normalized spacial score (nSPS) is 9.90. The van der Waals surface area contributed by atoms with Crippen LogP contribution in [-0.4, -0.2) is 7.11 Å². The highest BCUT2D eigenvalue weighted by Crippen LogP contribution is 2.26. The van der Waals surface area contributed by atoms with Gasteiger partial charge in [0.15, 0.2) is 0 Å². The van der Waals surface area contributed by atoms with Gasteiger partial charge < -0.3 is 9.47 Å². The molecule has 0 aliphatic rings. The van der Waals surface area contributed by atoms with Crippen LogP contribution in [0.3, 0.4) is 0 Å². The first kappa shape index (κ1) is 14.9. The molecule has 0 bridgehead atoms. The first-order valence-electron chi connectivity index (χ1n) is 5.79. The molecule has 20 heavy (non-hydrogen) atoms. The highest BCUT2D eigenvalue weighted by atomic mass is 79.9. The standard InChI is InChI=1S/C15H11Br2NO2/c1-19-13-3-4-14(17)11(7-13)9-20-15-5-2-12(16)6-10(15)8-18/h2-7H,9H2,1H3. The molecule has 0 unspecified atom stereocenters. The van der Waals surface area contributed by atoms with E-state index in [-0.39, 0.29) is 0 Å². The molecule has 0 atom stereocenters. The van der Waals surface area contributed by atoms with Crippen molar-refractivity contribution < 1.29 is 9.47 Å². The predicted octanol–water partition coefficient (Wildman–Crippen LogP) is 4.67. The average Bonchev–Trinajstić information content (AvgIpc) is 2.47. The number of benzene rings is 2. The first-order chi connectivity index (χ1) is 9.63. The van der Waals surface area contributed by atoms with Gasteiger partial charge in [0.05, 0.1) is 12.7 Å². The van der Waals surface area contributed by atoms with E-state index < -0.39 is 0 Å². The third-order valence-electron chi connectivity index (χ3n) is 2.70. The molecule has 3 nitrogen and oxygen atoms in total. The first-order valence-corrected chi connectivity index (χ1v) is 7.37. The summed E-state index contributed by atoms with van der Waals surface area (Å²) in [7, 11) is 1.62. The molecular weight excluding hydrogens is 386 g/mol. The summed E-state index contributed by atoms with van der Waals surface area (Å²) in [5.41, 5.74) is 1.45. The molecule has 0 aromatic heterocycles. The predicted molar refractivity (Wildman–Crippen MR) is 83.9 cm³/mol. The van der Waals surface area contributed by atoms with Crippen LogP contribution in [0, 0.1) is 11.3 Å². The van der Waals surface area contributed by atoms with Crippen LogP contribution in [0.5, 0.6) is 11.5 Å². The second-order valence-corrected chi connectivity index (χ2v) is 5.77. The maximum Gasteiger partial charge on any atom is 0.137 e. The minimum Gasteiger partial charge on any atom is -0.497 e. The van der Waals surface area contributed by atoms with E-state index >= 15 is 0 Å². The van der Waals surface area contributed by atoms with Crippen LogP contribution in [0.15, 0.2) is 45.3 Å². The van der Waals surface area contributed by atoms with Crippen molar-refractivity contribution in [2.45, 2.75) is 6.61 Å². The van der Waals surface area contributed by atoms with Gasteiger partial charge in [0.25, 0.3) is 0 Å². The van der Waals surface area contributed by atoms with Crippen LogP contribution in [0.2, 0.25) is 0 Å². The third kappa shape index (κ3) is 3.53. The smallest absolute Gasteiger partial charge is 0.137 e. The summed E-state index contributed by atoms with van der Waals surface area (Å²) in [5, 5.41) is 9.10. The topological polar surface area (TPSA) is 42.2 Å². The van der Waals surface area contributed by atoms with Crippen LogP contribution in [0.4, 0.5) is 0 Å². The van der Waals surface area contributed by atoms with E-state index in [4.69, 9.17) is 14.7 Å². The van der Waals surface area contributed by atoms with Gasteiger partial charge in [-0.25, -0.2) is 0 Å². The fraction of sp³-hybridized carbons (Fsp3) is 0.133. The molecule has 0 heterocycles. The SMILES string of the molecule is COc1ccc(Br)c(COc2ccc(Br)cc2C#N)c1. The molecule has 102 valence electrons. The van der Waals surface area contributed by atoms with E-state index in [0.29, 0.717) is 17.9 Å². The summed E-state index contributed by atoms with van der Waals surface area (Å²) in [4.78, 5) is 0. The fourth-order valence-electron chi connectivity index (χ4n) is 1.66. The van der Waals surface area contributed by atoms with Crippen molar-refractivity contribution in [3.63, 3.8) is 0 Å². The number of rotatable bonds is 4. The number of halogens is 2. The maximum atomic E-state index is 9.10. The summed E-state index contributed by atoms with van der Waals surface area (Å²) >= 11 is 6.81. The summed E-state index contributed by atoms with van der Waals surface area (Å²) in [6.07, 6.45) is 0. The Bertz CT molecular complexity index is 665. The van der Waals surface area contributed by atoms with Gasteiger partial charge in [-0.2, -0.15) is 5.26 Å². The van der Waals surface area contributed by atoms with Crippen molar-refractivity contribution in [2.75, 3.05) is 7.11 Å². The number of hydrogen-bond donors (Lipinski definition) is 0. The molecule has 5 heteroatoms. The molecule has 0 radical (unpaired) electrons. The van der Waals surface area contributed by atoms with Gasteiger partial charge in [0.2, 0.25) is 0 Å². The van der Waals surface area contributed by atoms with E-state index in [1.54, 1.807) is 19.2 Å². The van der Waals surface area contributed by atoms with Crippen molar-refractivity contribution in [3.05, 3.63) is 56.5 Å². The van der Waals surface area contributed by atoms with Crippen molar-refractivity contribution in [1.82, 2.24) is 0 Å². The highest BCUT2D eigenvalue weighted by molar-refractivity contribution is 9.10. The maximum absolute atomic E-state index is 9.10. The molecular formula is C15H11Br2NO2. The monoisotopic (exact) mass is 395 g/mol. The van der Waals surface area contributed by atoms with Gasteiger partial charge in [-0.3, -0.25) is 0 Å². The number of nitrogens with zero attached hydrogens (tertiary/aromatic N) is 1. The van der Waals surface area contributed by atoms with Crippen LogP contribution >= 0.6 is 31.9 Å². The number of hydrogen-bond acceptors (Lipinski definition) is 3. The van der Waals surface area contributed by atoms with Crippen LogP contribution in [0.25, 0.3) is 0 Å². The molecule has 0 fully saturated rings. The van der Waals surface area contributed by atoms with Crippen LogP contribution < -0.4 is 9.47 Å². The van der Waals surface area contributed by atoms with Crippen molar-refractivity contribution in [2.24, 2.45) is 0 Å². The minimum atomic E-state index is 0.355. The average molecular weight is 397 g/mol. The van der Waals surface area contributed by atoms with Gasteiger partial charge in [0, 0.05) is 14.5 Å². The lowest BCUT2D eigenvalue weighted by molar-refractivity contribution is 0.303. The zero-order valence-electron chi connectivity index (χ0n) is 10.7. The number of methoxy groups -OCH3 is 1. The molecule has 0 saturated carbocycles. The number of nitriles is 1. The fourth-order valence-corrected chi connectivity index (χ4v) is 2.38. The van der Waals surface area contributed by atoms with Crippen molar-refractivity contribution in [3.8, 4) is 17.6 Å². The molecule has 2 aromatic carbocycles. The van der Waals surface area contributed by atoms with Gasteiger partial charge >= 0.3 is 0 Å². The lowest BCUT2D eigenvalue weighted by Gasteiger charge is -2.10. The van der Waals surface area contributed by atoms with Gasteiger partial charge in [0.1, 0.15) is 24.2 Å². The Hall–Kier alpha value is -1.51. The van der Waals surface area contributed by atoms with E-state index in [9.17, 15) is 0 Å². The molecule has 0 N–H and O–H groups in total. The van der Waals surface area contributed by atoms with Crippen LogP contribution in [0.1, 0.15) is 11.1 Å². The quantitative estimate of drug-likeness (QED) is 0.753. The van der Waals surface area contributed by atoms with E-state index in [2.05, 4.69) is 37.9 Å². The van der Waals surface area contributed by atoms with Crippen molar-refractivity contribution >= 4 is 31.9 Å². The van der Waals surface area contributed by atoms with E-state index in [0.717, 1.165) is 20.3 Å². The Kier molecular flexibility index (Phi) is 5.05. The summed E-state index contributed by atoms with van der Waals surface area (Å²) in [6, 6.07) is 13.1. The molecule has 2 aromatic rings. The number of ether oxygens (including phenoxy) is 2. The second-order valence-electron chi connectivity index (χ2n) is 4.00. The lowest BCUT2D eigenvalue weighted by atomic mass is 10.2. The van der Waals surface area contributed by atoms with Crippen molar-refractivity contribution in [1.29, 1.82) is 5.26 Å². The Morgan fingerprint density at radius 1 is 1.15 bits per heavy atom. The molecule has 0 aliphatic carbocycles. The zero-order valence-corrected chi connectivity index (χ0v) is 13.9. The Labute approximate surface area is 134 Å². The Morgan fingerprint density at radius 3 is 2.65 bits per heavy atom. The highest BCUT2D eigenvalue weighted by Gasteiger charge is 2.07. The second kappa shape index (κ2) is 6.78. The largest absolute Gasteiger partial charge is 0.497 e. The Balaban J connectivity index is 2.19. The van der Waals surface area contributed by atoms with E-state index in [1.165, 1.54) is 0 Å². The zero-order chi connectivity index (χ0) is 14.5. The molecule has 0 amide bonds. The summed E-state index contributed by atoms with van der Waals surface area (Å²) < 4.78 is 12.7. The molecule has 0 aliphatic heterocycles. The van der Waals surface area contributed by atoms with Crippen LogP contribution in [-0.2, 0) is 6.61 Å². The Morgan fingerprint density at radius 2 is 1.95 bits per heavy atom. The lowest BCUT2D eigenvalue weighted by Crippen LogP contribution is -1.99. The minimum absolute atomic E-state index is 0.355. The summed E-state index contributed by atoms with van der Waals surface area (Å²) in [6.45, 7) is 0.355.